The van der Waals surface area contributed by atoms with Gasteiger partial charge in [-0.05, 0) is 107 Å². The molecule has 0 spiro atoms. The molecule has 2 aromatic carbocycles. The second-order valence-electron chi connectivity index (χ2n) is 15.8. The Morgan fingerprint density at radius 1 is 0.548 bits per heavy atom. The minimum Gasteiger partial charge on any atom is -0.508 e. The Morgan fingerprint density at radius 3 is 1.31 bits per heavy atom. The van der Waals surface area contributed by atoms with Gasteiger partial charge in [-0.2, -0.15) is 0 Å². The first-order chi connectivity index (χ1) is 19.9. The molecular weight excluding hydrogens is 520 g/mol. The minimum absolute atomic E-state index is 0.0801. The number of hydrogen-bond donors (Lipinski definition) is 2. The Bertz CT molecular complexity index is 1110. The van der Waals surface area contributed by atoms with Gasteiger partial charge >= 0.3 is 0 Å². The zero-order valence-corrected chi connectivity index (χ0v) is 27.1. The van der Waals surface area contributed by atoms with Crippen molar-refractivity contribution in [3.63, 3.8) is 0 Å². The summed E-state index contributed by atoms with van der Waals surface area (Å²) in [6, 6.07) is 11.8. The molecule has 2 saturated heterocycles. The number of hydrogen-bond acceptors (Lipinski definition) is 4. The highest BCUT2D eigenvalue weighted by Gasteiger charge is 2.34. The molecule has 0 bridgehead atoms. The zero-order valence-electron chi connectivity index (χ0n) is 27.1. The van der Waals surface area contributed by atoms with Gasteiger partial charge in [-0.1, -0.05) is 92.2 Å². The van der Waals surface area contributed by atoms with Crippen LogP contribution in [0.25, 0.3) is 0 Å². The number of benzene rings is 2. The standard InChI is InChI=1S/C23H36O2.C15H20O2/c1-22(2,3)18-12-17(13-19(21(18)24)23(4,5)6)20-11-10-16(14-25-20)15-8-7-9-15;16-14-7-4-12(5-8-14)15-9-6-13(10-17-15)11-2-1-3-11/h12-13,15-16,20,24H,7-11,14H2,1-6H3;4-5,7-8,11,13,15-16H,1-3,6,9-10H2. The molecule has 0 aromatic heterocycles. The Morgan fingerprint density at radius 2 is 0.976 bits per heavy atom. The summed E-state index contributed by atoms with van der Waals surface area (Å²) < 4.78 is 12.3. The molecule has 0 amide bonds. The monoisotopic (exact) mass is 576 g/mol. The molecule has 6 rings (SSSR count). The lowest BCUT2D eigenvalue weighted by Gasteiger charge is -2.39. The van der Waals surface area contributed by atoms with Crippen LogP contribution >= 0.6 is 0 Å². The molecule has 2 aliphatic carbocycles. The van der Waals surface area contributed by atoms with Crippen molar-refractivity contribution in [1.29, 1.82) is 0 Å². The summed E-state index contributed by atoms with van der Waals surface area (Å²) in [4.78, 5) is 0. The number of aromatic hydroxyl groups is 2. The molecule has 232 valence electrons. The summed E-state index contributed by atoms with van der Waals surface area (Å²) in [5.74, 6) is 4.22. The maximum atomic E-state index is 10.9. The van der Waals surface area contributed by atoms with Crippen LogP contribution in [0.15, 0.2) is 36.4 Å². The van der Waals surface area contributed by atoms with Gasteiger partial charge in [-0.3, -0.25) is 0 Å². The van der Waals surface area contributed by atoms with Crippen LogP contribution in [0.2, 0.25) is 0 Å². The molecule has 2 aliphatic heterocycles. The smallest absolute Gasteiger partial charge is 0.123 e. The van der Waals surface area contributed by atoms with E-state index in [1.165, 1.54) is 62.5 Å². The molecular formula is C38H56O4. The SMILES string of the molecule is CC(C)(C)c1cc(C2CCC(C3CCC3)CO2)cc(C(C)(C)C)c1O.Oc1ccc(C2CCC(C3CCC3)CO2)cc1. The lowest BCUT2D eigenvalue weighted by molar-refractivity contribution is -0.0450. The van der Waals surface area contributed by atoms with Crippen molar-refractivity contribution in [1.82, 2.24) is 0 Å². The van der Waals surface area contributed by atoms with Crippen LogP contribution < -0.4 is 0 Å². The average Bonchev–Trinajstić information content (AvgIpc) is 2.87. The molecule has 2 heterocycles. The second kappa shape index (κ2) is 12.9. The maximum Gasteiger partial charge on any atom is 0.123 e. The quantitative estimate of drug-likeness (QED) is 0.380. The molecule has 4 unspecified atom stereocenters. The van der Waals surface area contributed by atoms with Gasteiger partial charge < -0.3 is 19.7 Å². The maximum absolute atomic E-state index is 10.9. The van der Waals surface area contributed by atoms with Crippen LogP contribution in [-0.4, -0.2) is 23.4 Å². The van der Waals surface area contributed by atoms with Crippen LogP contribution in [0, 0.1) is 23.7 Å². The van der Waals surface area contributed by atoms with Crippen molar-refractivity contribution in [3.05, 3.63) is 58.7 Å². The van der Waals surface area contributed by atoms with E-state index in [0.29, 0.717) is 11.5 Å². The molecule has 4 atom stereocenters. The van der Waals surface area contributed by atoms with Crippen LogP contribution in [0.3, 0.4) is 0 Å². The lowest BCUT2D eigenvalue weighted by Crippen LogP contribution is -2.30. The van der Waals surface area contributed by atoms with Gasteiger partial charge in [0.05, 0.1) is 25.4 Å². The fourth-order valence-corrected chi connectivity index (χ4v) is 7.31. The van der Waals surface area contributed by atoms with Gasteiger partial charge in [0, 0.05) is 0 Å². The van der Waals surface area contributed by atoms with E-state index in [-0.39, 0.29) is 23.0 Å². The molecule has 2 saturated carbocycles. The van der Waals surface area contributed by atoms with Gasteiger partial charge in [0.15, 0.2) is 0 Å². The van der Waals surface area contributed by atoms with E-state index in [9.17, 15) is 10.2 Å². The third kappa shape index (κ3) is 7.36. The molecule has 2 aromatic rings. The van der Waals surface area contributed by atoms with Gasteiger partial charge in [0.25, 0.3) is 0 Å². The van der Waals surface area contributed by atoms with Gasteiger partial charge in [-0.15, -0.1) is 0 Å². The first kappa shape index (κ1) is 31.4. The lowest BCUT2D eigenvalue weighted by atomic mass is 9.73. The zero-order chi connectivity index (χ0) is 30.1. The van der Waals surface area contributed by atoms with E-state index in [1.807, 2.05) is 12.1 Å². The first-order valence-electron chi connectivity index (χ1n) is 16.8. The van der Waals surface area contributed by atoms with E-state index in [4.69, 9.17) is 9.47 Å². The number of ether oxygens (including phenoxy) is 2. The summed E-state index contributed by atoms with van der Waals surface area (Å²) in [7, 11) is 0. The second-order valence-corrected chi connectivity index (χ2v) is 15.8. The van der Waals surface area contributed by atoms with E-state index in [1.54, 1.807) is 12.1 Å². The van der Waals surface area contributed by atoms with Crippen LogP contribution in [0.4, 0.5) is 0 Å². The van der Waals surface area contributed by atoms with Crippen LogP contribution in [-0.2, 0) is 20.3 Å². The number of phenols is 2. The number of rotatable bonds is 4. The van der Waals surface area contributed by atoms with Crippen molar-refractivity contribution < 1.29 is 19.7 Å². The predicted octanol–water partition coefficient (Wildman–Crippen LogP) is 9.91. The predicted molar refractivity (Wildman–Crippen MR) is 171 cm³/mol. The molecule has 2 N–H and O–H groups in total. The normalized spacial score (nSPS) is 27.4. The van der Waals surface area contributed by atoms with Gasteiger partial charge in [-0.25, -0.2) is 0 Å². The minimum atomic E-state index is -0.0801. The summed E-state index contributed by atoms with van der Waals surface area (Å²) >= 11 is 0. The third-order valence-electron chi connectivity index (χ3n) is 10.6. The topological polar surface area (TPSA) is 58.9 Å². The molecule has 4 fully saturated rings. The third-order valence-corrected chi connectivity index (χ3v) is 10.6. The average molecular weight is 577 g/mol. The first-order valence-corrected chi connectivity index (χ1v) is 16.8. The van der Waals surface area contributed by atoms with Crippen molar-refractivity contribution >= 4 is 0 Å². The molecule has 4 aliphatic rings. The molecule has 0 radical (unpaired) electrons. The summed E-state index contributed by atoms with van der Waals surface area (Å²) in [6.07, 6.45) is 13.7. The van der Waals surface area contributed by atoms with Crippen LogP contribution in [0.1, 0.15) is 140 Å². The summed E-state index contributed by atoms with van der Waals surface area (Å²) in [5, 5.41) is 20.2. The van der Waals surface area contributed by atoms with E-state index < -0.39 is 0 Å². The van der Waals surface area contributed by atoms with E-state index in [2.05, 4.69) is 53.7 Å². The van der Waals surface area contributed by atoms with Gasteiger partial charge in [0.1, 0.15) is 11.5 Å². The van der Waals surface area contributed by atoms with Crippen molar-refractivity contribution in [2.45, 2.75) is 129 Å². The Labute approximate surface area is 255 Å². The Kier molecular flexibility index (Phi) is 9.64. The molecule has 4 nitrogen and oxygen atoms in total. The fraction of sp³-hybridized carbons (Fsp3) is 0.684. The van der Waals surface area contributed by atoms with E-state index >= 15 is 0 Å². The van der Waals surface area contributed by atoms with Gasteiger partial charge in [0.2, 0.25) is 0 Å². The highest BCUT2D eigenvalue weighted by molar-refractivity contribution is 5.50. The Balaban J connectivity index is 0.000000180. The van der Waals surface area contributed by atoms with E-state index in [0.717, 1.165) is 60.9 Å². The Hall–Kier alpha value is -2.04. The highest BCUT2D eigenvalue weighted by atomic mass is 16.5. The van der Waals surface area contributed by atoms with Crippen LogP contribution in [0.5, 0.6) is 11.5 Å². The molecule has 4 heteroatoms. The summed E-state index contributed by atoms with van der Waals surface area (Å²) in [6.45, 7) is 14.9. The van der Waals surface area contributed by atoms with Crippen molar-refractivity contribution in [2.75, 3.05) is 13.2 Å². The summed E-state index contributed by atoms with van der Waals surface area (Å²) in [5.41, 5.74) is 4.38. The van der Waals surface area contributed by atoms with Crippen molar-refractivity contribution in [2.24, 2.45) is 23.7 Å². The highest BCUT2D eigenvalue weighted by Crippen LogP contribution is 2.45. The number of phenolic OH excluding ortho intramolecular Hbond substituents is 2. The van der Waals surface area contributed by atoms with Crippen molar-refractivity contribution in [3.8, 4) is 11.5 Å². The largest absolute Gasteiger partial charge is 0.508 e. The molecule has 42 heavy (non-hydrogen) atoms. The fourth-order valence-electron chi connectivity index (χ4n) is 7.31.